The van der Waals surface area contributed by atoms with Gasteiger partial charge in [-0.1, -0.05) is 132 Å². The number of nitrogens with two attached hydrogens (primary N) is 1. The molecule has 7 aliphatic rings. The number of carbonyl (C=O) groups excluding carboxylic acids is 5. The summed E-state index contributed by atoms with van der Waals surface area (Å²) >= 11 is 0. The fraction of sp³-hybridized carbons (Fsp3) is 0.605. The predicted octanol–water partition coefficient (Wildman–Crippen LogP) is 11.7. The maximum atomic E-state index is 12.6. The minimum atomic E-state index is -0.797. The molecule has 0 radical (unpaired) electrons. The van der Waals surface area contributed by atoms with Crippen LogP contribution >= 0.6 is 0 Å². The fourth-order valence-corrected chi connectivity index (χ4v) is 13.7. The first-order chi connectivity index (χ1) is 54.8. The molecule has 3 aromatic heterocycles. The van der Waals surface area contributed by atoms with Crippen molar-refractivity contribution in [3.63, 3.8) is 0 Å². The number of allylic oxidation sites excluding steroid dienone is 9. The van der Waals surface area contributed by atoms with Gasteiger partial charge in [-0.2, -0.15) is 0 Å². The topological polar surface area (TPSA) is 381 Å². The van der Waals surface area contributed by atoms with E-state index in [1.165, 1.54) is 59.5 Å². The number of rotatable bonds is 30. The number of carbonyl (C=O) groups is 5. The molecule has 23 atom stereocenters. The van der Waals surface area contributed by atoms with E-state index >= 15 is 0 Å². The van der Waals surface area contributed by atoms with E-state index in [1.54, 1.807) is 42.5 Å². The summed E-state index contributed by atoms with van der Waals surface area (Å²) in [6.07, 6.45) is 28.9. The average Bonchev–Trinajstić information content (AvgIpc) is 1.60. The molecule has 0 aliphatic carbocycles. The van der Waals surface area contributed by atoms with Crippen molar-refractivity contribution in [1.29, 1.82) is 0 Å². The lowest BCUT2D eigenvalue weighted by Crippen LogP contribution is -2.50. The maximum Gasteiger partial charge on any atom is 0.308 e. The summed E-state index contributed by atoms with van der Waals surface area (Å²) in [6.45, 7) is 36.8. The van der Waals surface area contributed by atoms with Crippen LogP contribution in [-0.4, -0.2) is 207 Å². The van der Waals surface area contributed by atoms with Crippen LogP contribution in [0.15, 0.2) is 153 Å². The second-order valence-corrected chi connectivity index (χ2v) is 30.7. The Hall–Kier alpha value is -8.62. The van der Waals surface area contributed by atoms with E-state index in [1.807, 2.05) is 72.8 Å². The van der Waals surface area contributed by atoms with E-state index in [0.717, 1.165) is 43.3 Å². The zero-order chi connectivity index (χ0) is 84.7. The standard InChI is InChI=1S/C31H44N2O9.C22H32N2O4.C13H23NO.C11H16O5.C9H11NO4/c1-18(8-11-25-30(36)31(17-39-31)16-22(41-25)14-29(35)38-6)7-10-24-20(3)13-23(21(4)40-24)32-27(34)12-9-19(2)26-15-28(37-5)33-42-26;1-7-14(2)8-10-19-16(4)12-18(17(5)27-19)23-21(25)11-9-15(3)20-13-22(26-6)24-28-20;1-5-9(2)6-7-13-10(3)8-12(14)11(4)15-13;1-3-8-10(13)11(6-15-11)5-7(16-8)4-9(12)14-2;1-7(3-4-13-6-11)8-5-9(12-2)10-14-8/h7-9,11-12,15,19-25,30,36H,10,13-14,16-17H2,1-6H3,(H,32,34);7-9,11,13,15-19H,1,10,12H2,2-6H3,(H,23,25);5-6,10-13H,1,7-8,14H2,2-4H3;3,7-8,10,13H,1,4-6H2,2H3;3-7H,1-2H3/b11-8+,12-9-,18-7+;11-9-,14-8+;9-6+;;4-3-/t19?,20-,21+,22+,23+,24-,25+,30+,31+;15?,16-,17+,18+,19-;10-,11+,12+,13-;7-,8-,10-,11-;/m0001./s1. The zero-order valence-corrected chi connectivity index (χ0v) is 70.0. The molecule has 7 aliphatic heterocycles. The fourth-order valence-electron chi connectivity index (χ4n) is 13.7. The molecule has 115 heavy (non-hydrogen) atoms. The molecule has 638 valence electrons. The Morgan fingerprint density at radius 3 is 1.30 bits per heavy atom. The Bertz CT molecular complexity index is 3790. The minimum absolute atomic E-state index is 0.00596. The molecule has 2 spiro atoms. The smallest absolute Gasteiger partial charge is 0.308 e. The first-order valence-corrected chi connectivity index (χ1v) is 39.4. The van der Waals surface area contributed by atoms with Crippen LogP contribution in [0.25, 0.3) is 0 Å². The van der Waals surface area contributed by atoms with Gasteiger partial charge in [0.2, 0.25) is 11.8 Å². The van der Waals surface area contributed by atoms with Crippen molar-refractivity contribution in [2.75, 3.05) is 48.8 Å². The molecule has 0 bridgehead atoms. The molecule has 3 aromatic rings. The number of nitrogens with zero attached hydrogens (tertiary/aromatic N) is 3. The summed E-state index contributed by atoms with van der Waals surface area (Å²) in [5, 5.41) is 38.1. The van der Waals surface area contributed by atoms with E-state index in [-0.39, 0.29) is 121 Å². The number of aromatic nitrogens is 3. The number of aliphatic hydroxyl groups is 2. The molecule has 10 rings (SSSR count). The molecule has 29 heteroatoms. The maximum absolute atomic E-state index is 12.6. The largest absolute Gasteiger partial charge is 0.479 e. The number of amides is 2. The number of ether oxygens (including phenoxy) is 13. The zero-order valence-electron chi connectivity index (χ0n) is 70.0. The summed E-state index contributed by atoms with van der Waals surface area (Å²) in [6, 6.07) is 5.18. The van der Waals surface area contributed by atoms with Gasteiger partial charge in [0, 0.05) is 54.8 Å². The third-order valence-corrected chi connectivity index (χ3v) is 21.7. The van der Waals surface area contributed by atoms with Crippen molar-refractivity contribution < 1.29 is 109 Å². The average molecular weight is 1610 g/mol. The SMILES string of the molecule is C=C/C(C)=C/C[C@@H]1O[C@H](C)[C@H](N)C[C@@H]1C.C=C/C(C)=C/C[C@@H]1O[C@H](C)[C@H](NC(=O)/C=C\C(C)c2cc(OC)no2)C[C@@H]1C.C=C[C@H]1O[C@H](CC(=O)OC)C[C@@]2(CO2)[C@@H]1O.COC(=O)C[C@@H]1C[C@@]2(CO2)[C@H](O)[C@@H](/C=C/C(C)=C/C[C@@H]2O[C@H](C)[C@H](NC(=O)/C=C\C(C)c3cc(OC)no3)C[C@@H]2C)O1.COc1cc(C(C)/C=C\OC=O)on1. The Labute approximate surface area is 677 Å². The summed E-state index contributed by atoms with van der Waals surface area (Å²) in [5.41, 5.74) is 8.16. The Morgan fingerprint density at radius 1 is 0.557 bits per heavy atom. The summed E-state index contributed by atoms with van der Waals surface area (Å²) in [4.78, 5) is 57.7. The normalized spacial score (nSPS) is 31.3. The van der Waals surface area contributed by atoms with Crippen LogP contribution in [0.2, 0.25) is 0 Å². The van der Waals surface area contributed by atoms with Crippen LogP contribution in [0, 0.1) is 17.8 Å². The van der Waals surface area contributed by atoms with Crippen molar-refractivity contribution in [2.24, 2.45) is 23.5 Å². The Morgan fingerprint density at radius 2 is 0.930 bits per heavy atom. The number of methoxy groups -OCH3 is 5. The first kappa shape index (κ1) is 95.2. The highest BCUT2D eigenvalue weighted by Gasteiger charge is 2.59. The van der Waals surface area contributed by atoms with Crippen molar-refractivity contribution >= 4 is 30.2 Å². The summed E-state index contributed by atoms with van der Waals surface area (Å²) in [7, 11) is 7.26. The van der Waals surface area contributed by atoms with E-state index < -0.39 is 35.6 Å². The van der Waals surface area contributed by atoms with Crippen LogP contribution in [0.3, 0.4) is 0 Å². The van der Waals surface area contributed by atoms with Gasteiger partial charge in [-0.3, -0.25) is 24.0 Å². The first-order valence-electron chi connectivity index (χ1n) is 39.4. The van der Waals surface area contributed by atoms with Crippen LogP contribution in [-0.2, 0) is 71.3 Å². The van der Waals surface area contributed by atoms with Crippen molar-refractivity contribution in [3.8, 4) is 17.6 Å². The molecule has 2 amide bonds. The highest BCUT2D eigenvalue weighted by Crippen LogP contribution is 2.45. The molecule has 7 fully saturated rings. The summed E-state index contributed by atoms with van der Waals surface area (Å²) < 4.78 is 84.9. The minimum Gasteiger partial charge on any atom is -0.479 e. The van der Waals surface area contributed by atoms with Crippen LogP contribution in [0.5, 0.6) is 17.6 Å². The van der Waals surface area contributed by atoms with Gasteiger partial charge in [-0.15, -0.1) is 6.58 Å². The van der Waals surface area contributed by atoms with Gasteiger partial charge in [-0.05, 0) is 132 Å². The van der Waals surface area contributed by atoms with E-state index in [9.17, 15) is 34.2 Å². The second kappa shape index (κ2) is 46.9. The lowest BCUT2D eigenvalue weighted by atomic mass is 9.87. The molecular formula is C86H126N6O23. The van der Waals surface area contributed by atoms with Crippen molar-refractivity contribution in [2.45, 2.75) is 268 Å². The van der Waals surface area contributed by atoms with Crippen molar-refractivity contribution in [1.82, 2.24) is 26.1 Å². The Kier molecular flexibility index (Phi) is 38.9. The van der Waals surface area contributed by atoms with Gasteiger partial charge in [0.25, 0.3) is 24.1 Å². The summed E-state index contributed by atoms with van der Waals surface area (Å²) in [5.74, 6) is 3.10. The van der Waals surface area contributed by atoms with Crippen LogP contribution in [0.4, 0.5) is 0 Å². The van der Waals surface area contributed by atoms with E-state index in [0.29, 0.717) is 91.8 Å². The number of hydrogen-bond donors (Lipinski definition) is 5. The van der Waals surface area contributed by atoms with Crippen molar-refractivity contribution in [3.05, 3.63) is 157 Å². The monoisotopic (exact) mass is 1610 g/mol. The lowest BCUT2D eigenvalue weighted by Gasteiger charge is -2.39. The molecule has 3 unspecified atom stereocenters. The lowest BCUT2D eigenvalue weighted by molar-refractivity contribution is -0.158. The predicted molar refractivity (Wildman–Crippen MR) is 429 cm³/mol. The number of esters is 2. The highest BCUT2D eigenvalue weighted by atomic mass is 16.6. The number of epoxide rings is 2. The van der Waals surface area contributed by atoms with Gasteiger partial charge >= 0.3 is 11.9 Å². The quantitative estimate of drug-likeness (QED) is 0.00605. The number of nitrogens with one attached hydrogen (secondary N) is 2. The van der Waals surface area contributed by atoms with Gasteiger partial charge < -0.3 is 102 Å². The van der Waals surface area contributed by atoms with Gasteiger partial charge in [-0.25, -0.2) is 0 Å². The molecule has 10 heterocycles. The van der Waals surface area contributed by atoms with E-state index in [2.05, 4.69) is 108 Å². The van der Waals surface area contributed by atoms with Gasteiger partial charge in [0.1, 0.15) is 52.9 Å². The molecule has 7 saturated heterocycles. The Balaban J connectivity index is 0.000000242. The molecule has 0 aromatic carbocycles. The van der Waals surface area contributed by atoms with Gasteiger partial charge in [0.15, 0.2) is 0 Å². The highest BCUT2D eigenvalue weighted by molar-refractivity contribution is 5.88. The molecule has 6 N–H and O–H groups in total. The third-order valence-electron chi connectivity index (χ3n) is 21.7. The molecule has 0 saturated carbocycles. The van der Waals surface area contributed by atoms with Crippen LogP contribution < -0.4 is 30.6 Å². The second-order valence-electron chi connectivity index (χ2n) is 30.7. The third kappa shape index (κ3) is 30.1. The van der Waals surface area contributed by atoms with Crippen LogP contribution in [0.1, 0.15) is 182 Å². The number of hydrogen-bond acceptors (Lipinski definition) is 27. The van der Waals surface area contributed by atoms with E-state index in [4.69, 9.17) is 71.4 Å². The molecule has 29 nitrogen and oxygen atoms in total. The van der Waals surface area contributed by atoms with Gasteiger partial charge in [0.05, 0.1) is 129 Å². The molecular weight excluding hydrogens is 1480 g/mol. The number of aliphatic hydroxyl groups excluding tert-OH is 2.